The van der Waals surface area contributed by atoms with E-state index in [0.717, 1.165) is 0 Å². The van der Waals surface area contributed by atoms with Gasteiger partial charge in [-0.2, -0.15) is 0 Å². The minimum absolute atomic E-state index is 0.858. The molecule has 14 bridgehead atoms. The predicted molar refractivity (Wildman–Crippen MR) is 262 cm³/mol. The van der Waals surface area contributed by atoms with Crippen LogP contribution in [0.5, 0.6) is 0 Å². The lowest BCUT2D eigenvalue weighted by atomic mass is 9.95. The van der Waals surface area contributed by atoms with Crippen molar-refractivity contribution >= 4 is 0 Å². The molecule has 84 heavy (non-hydrogen) atoms. The van der Waals surface area contributed by atoms with E-state index in [1.165, 1.54) is 49.8 Å². The van der Waals surface area contributed by atoms with Gasteiger partial charge in [0.25, 0.3) is 0 Å². The second kappa shape index (κ2) is 30.6. The summed E-state index contributed by atoms with van der Waals surface area (Å²) in [6.07, 6.45) is -56.7. The second-order valence-electron chi connectivity index (χ2n) is 21.1. The van der Waals surface area contributed by atoms with Crippen molar-refractivity contribution in [1.29, 1.82) is 0 Å². The Labute approximate surface area is 481 Å². The number of aliphatic hydroxyl groups excluding tert-OH is 14. The molecule has 21 saturated heterocycles. The zero-order valence-corrected chi connectivity index (χ0v) is 47.0. The Hall–Kier alpha value is -1.40. The molecule has 0 saturated carbocycles. The number of methoxy groups -OCH3 is 7. The fourth-order valence-corrected chi connectivity index (χ4v) is 12.2. The highest BCUT2D eigenvalue weighted by molar-refractivity contribution is 5.03. The van der Waals surface area contributed by atoms with Gasteiger partial charge >= 0.3 is 0 Å². The van der Waals surface area contributed by atoms with Crippen molar-refractivity contribution in [3.63, 3.8) is 0 Å². The van der Waals surface area contributed by atoms with Gasteiger partial charge < -0.3 is 171 Å². The van der Waals surface area contributed by atoms with Crippen molar-refractivity contribution in [1.82, 2.24) is 0 Å². The van der Waals surface area contributed by atoms with Gasteiger partial charge in [0, 0.05) is 49.8 Å². The average Bonchev–Trinajstić information content (AvgIpc) is 2.93. The molecule has 21 rings (SSSR count). The van der Waals surface area contributed by atoms with Crippen molar-refractivity contribution in [2.45, 2.75) is 215 Å². The van der Waals surface area contributed by atoms with Crippen LogP contribution in [0.4, 0.5) is 0 Å². The van der Waals surface area contributed by atoms with Crippen LogP contribution in [0.15, 0.2) is 0 Å². The van der Waals surface area contributed by atoms with E-state index in [2.05, 4.69) is 0 Å². The van der Waals surface area contributed by atoms with E-state index in [0.29, 0.717) is 0 Å². The minimum atomic E-state index is -1.84. The Morgan fingerprint density at radius 3 is 0.393 bits per heavy atom. The fourth-order valence-electron chi connectivity index (χ4n) is 12.2. The highest BCUT2D eigenvalue weighted by Gasteiger charge is 2.60. The van der Waals surface area contributed by atoms with Gasteiger partial charge in [-0.15, -0.1) is 0 Å². The summed E-state index contributed by atoms with van der Waals surface area (Å²) in [6, 6.07) is 0. The van der Waals surface area contributed by atoms with E-state index in [1.54, 1.807) is 0 Å². The van der Waals surface area contributed by atoms with E-state index in [-0.39, 0.29) is 0 Å². The SMILES string of the molecule is CO[C@@H]1[C@@H](O)[C@H]2O[C@H]3[C@H](OC)[C@@H](O)[C@@H](O[C@H]4[C@H](OC)[C@@H](O)[C@@H](O[C@H]5[C@H](OC)[C@@H](O)[C@@H](O[C@H]6[C@H](OC)[C@@H](O)[C@@H](O[C@H]7[C@H](OC)[C@@H](O)[C@@H](O[C@H]8[C@H](OC)[C@@H](O)[C@@H](O[C@@H]1[C@@H](CO)O2)O[C@@H]8CO)O[C@@H]7CO)O[C@@H]6CO)O[C@@H]5CO)O[C@@H]4CO)O[C@@H]3CO. The molecule has 21 heterocycles. The fraction of sp³-hybridized carbons (Fsp3) is 1.00. The molecule has 0 spiro atoms. The summed E-state index contributed by atoms with van der Waals surface area (Å²) in [5.74, 6) is 0. The maximum absolute atomic E-state index is 11.8. The van der Waals surface area contributed by atoms with Gasteiger partial charge in [-0.05, 0) is 0 Å². The van der Waals surface area contributed by atoms with Gasteiger partial charge in [0.15, 0.2) is 44.0 Å². The van der Waals surface area contributed by atoms with E-state index in [1.807, 2.05) is 0 Å². The smallest absolute Gasteiger partial charge is 0.187 e. The molecular formula is C49H84O35. The van der Waals surface area contributed by atoms with Crippen LogP contribution in [0.3, 0.4) is 0 Å². The van der Waals surface area contributed by atoms with E-state index < -0.39 is 261 Å². The zero-order valence-electron chi connectivity index (χ0n) is 47.0. The first-order valence-electron chi connectivity index (χ1n) is 27.3. The molecule has 0 unspecified atom stereocenters. The Balaban J connectivity index is 1.13. The van der Waals surface area contributed by atoms with Gasteiger partial charge in [-0.1, -0.05) is 0 Å². The topological polar surface area (TPSA) is 477 Å². The van der Waals surface area contributed by atoms with Gasteiger partial charge in [-0.3, -0.25) is 0 Å². The lowest BCUT2D eigenvalue weighted by Crippen LogP contribution is -2.69. The monoisotopic (exact) mass is 1230 g/mol. The van der Waals surface area contributed by atoms with Crippen molar-refractivity contribution in [3.05, 3.63) is 0 Å². The third-order valence-electron chi connectivity index (χ3n) is 16.5. The molecule has 490 valence electrons. The maximum atomic E-state index is 11.8. The summed E-state index contributed by atoms with van der Waals surface area (Å²) < 4.78 is 125. The number of hydrogen-bond donors (Lipinski definition) is 14. The summed E-state index contributed by atoms with van der Waals surface area (Å²) in [5, 5.41) is 158. The second-order valence-corrected chi connectivity index (χ2v) is 21.1. The lowest BCUT2D eigenvalue weighted by molar-refractivity contribution is -0.399. The van der Waals surface area contributed by atoms with Crippen molar-refractivity contribution in [2.24, 2.45) is 0 Å². The quantitative estimate of drug-likeness (QED) is 0.0768. The maximum Gasteiger partial charge on any atom is 0.187 e. The van der Waals surface area contributed by atoms with Crippen LogP contribution in [0, 0.1) is 0 Å². The lowest BCUT2D eigenvalue weighted by Gasteiger charge is -2.51. The molecule has 21 fully saturated rings. The Morgan fingerprint density at radius 2 is 0.310 bits per heavy atom. The molecule has 21 aliphatic heterocycles. The Morgan fingerprint density at radius 1 is 0.202 bits per heavy atom. The minimum Gasteiger partial charge on any atom is -0.394 e. The van der Waals surface area contributed by atoms with Crippen LogP contribution in [-0.4, -0.2) is 382 Å². The van der Waals surface area contributed by atoms with Crippen LogP contribution in [0.25, 0.3) is 0 Å². The molecule has 35 atom stereocenters. The summed E-state index contributed by atoms with van der Waals surface area (Å²) in [4.78, 5) is 0. The first-order chi connectivity index (χ1) is 40.4. The van der Waals surface area contributed by atoms with E-state index in [4.69, 9.17) is 99.5 Å². The van der Waals surface area contributed by atoms with Crippen molar-refractivity contribution in [2.75, 3.05) is 96.0 Å². The predicted octanol–water partition coefficient (Wildman–Crippen LogP) is -10.7. The van der Waals surface area contributed by atoms with Crippen molar-refractivity contribution < 1.29 is 171 Å². The van der Waals surface area contributed by atoms with E-state index >= 15 is 0 Å². The van der Waals surface area contributed by atoms with Gasteiger partial charge in [-0.25, -0.2) is 0 Å². The first kappa shape index (κ1) is 68.5. The van der Waals surface area contributed by atoms with Gasteiger partial charge in [0.05, 0.1) is 46.2 Å². The Bertz CT molecular complexity index is 1590. The van der Waals surface area contributed by atoms with Crippen LogP contribution in [0.2, 0.25) is 0 Å². The molecule has 0 aromatic rings. The summed E-state index contributed by atoms with van der Waals surface area (Å²) in [6.45, 7) is -6.00. The molecule has 21 aliphatic rings. The number of hydrogen-bond acceptors (Lipinski definition) is 35. The van der Waals surface area contributed by atoms with Crippen molar-refractivity contribution in [3.8, 4) is 0 Å². The molecule has 0 aromatic heterocycles. The molecule has 0 radical (unpaired) electrons. The summed E-state index contributed by atoms with van der Waals surface area (Å²) in [5.41, 5.74) is 0. The average molecular weight is 1230 g/mol. The Kier molecular flexibility index (Phi) is 25.0. The number of rotatable bonds is 14. The van der Waals surface area contributed by atoms with Gasteiger partial charge in [0.2, 0.25) is 0 Å². The number of aliphatic hydroxyl groups is 14. The standard InChI is InChI=1S/C49H84O35/c1-64-36-22(57)43-71-15(8-50)29(36)78-44-23(58)37(65-2)31(17(10-52)72-44)80-46-25(60)39(67-4)33(19(12-54)74-46)82-48-27(62)41(69-6)35(21(14-56)76-48)84-49-28(63)42(70-7)34(20(13-55)77-49)83-47-26(61)40(68-5)32(18(11-53)75-47)81-45-24(59)38(66-3)30(79-43)16(9-51)73-45/h15-63H,8-14H2,1-7H3/t15-,16-,17-,18-,19-,20-,21-,22-,23-,24-,25-,26-,27-,28-,29-,30-,31-,32-,33-,34-,35-,36-,37-,38-,39-,40-,41-,42-,43-,44-,45-,46-,47-,48-,49-/m1/s1. The third kappa shape index (κ3) is 13.5. The van der Waals surface area contributed by atoms with Crippen LogP contribution >= 0.6 is 0 Å². The van der Waals surface area contributed by atoms with Crippen LogP contribution in [0.1, 0.15) is 0 Å². The number of ether oxygens (including phenoxy) is 21. The summed E-state index contributed by atoms with van der Waals surface area (Å²) >= 11 is 0. The molecule has 14 N–H and O–H groups in total. The molecule has 0 aromatic carbocycles. The zero-order chi connectivity index (χ0) is 61.0. The van der Waals surface area contributed by atoms with Gasteiger partial charge in [0.1, 0.15) is 171 Å². The first-order valence-corrected chi connectivity index (χ1v) is 27.3. The normalized spacial score (nSPS) is 51.8. The van der Waals surface area contributed by atoms with E-state index in [9.17, 15) is 71.5 Å². The molecular weight excluding hydrogens is 1150 g/mol. The third-order valence-corrected chi connectivity index (χ3v) is 16.5. The highest BCUT2D eigenvalue weighted by Crippen LogP contribution is 2.41. The molecule has 35 nitrogen and oxygen atoms in total. The largest absolute Gasteiger partial charge is 0.394 e. The highest BCUT2D eigenvalue weighted by atomic mass is 16.8. The molecule has 35 heteroatoms. The molecule has 0 aliphatic carbocycles. The summed E-state index contributed by atoms with van der Waals surface area (Å²) in [7, 11) is 8.22. The molecule has 0 amide bonds. The van der Waals surface area contributed by atoms with Crippen LogP contribution < -0.4 is 0 Å². The van der Waals surface area contributed by atoms with Crippen LogP contribution in [-0.2, 0) is 99.5 Å².